The first kappa shape index (κ1) is 20.8. The summed E-state index contributed by atoms with van der Waals surface area (Å²) in [6.07, 6.45) is 3.53. The van der Waals surface area contributed by atoms with Gasteiger partial charge >= 0.3 is 11.9 Å². The lowest BCUT2D eigenvalue weighted by atomic mass is 10.3. The first-order chi connectivity index (χ1) is 11.6. The summed E-state index contributed by atoms with van der Waals surface area (Å²) in [5.41, 5.74) is 0. The standard InChI is InChI=1S/C18H25ClO4S/c1-3-5-11-22-17(20)13-16(18(21)23-12-6-4-2)24-15-9-7-14(19)8-10-15/h7-10,16H,3-6,11-13H2,1-2H3. The lowest BCUT2D eigenvalue weighted by molar-refractivity contribution is -0.149. The van der Waals surface area contributed by atoms with Crippen LogP contribution in [0.15, 0.2) is 29.2 Å². The number of ether oxygens (including phenoxy) is 2. The van der Waals surface area contributed by atoms with Crippen LogP contribution in [0.2, 0.25) is 5.02 Å². The Hall–Kier alpha value is -1.20. The zero-order valence-electron chi connectivity index (χ0n) is 14.3. The van der Waals surface area contributed by atoms with Gasteiger partial charge in [0, 0.05) is 9.92 Å². The molecule has 0 spiro atoms. The van der Waals surface area contributed by atoms with Gasteiger partial charge in [-0.15, -0.1) is 11.8 Å². The molecule has 0 aliphatic heterocycles. The van der Waals surface area contributed by atoms with Crippen molar-refractivity contribution in [2.24, 2.45) is 0 Å². The van der Waals surface area contributed by atoms with Crippen molar-refractivity contribution in [3.05, 3.63) is 29.3 Å². The average Bonchev–Trinajstić information content (AvgIpc) is 2.56. The lowest BCUT2D eigenvalue weighted by Crippen LogP contribution is -2.25. The van der Waals surface area contributed by atoms with Crippen molar-refractivity contribution >= 4 is 35.3 Å². The van der Waals surface area contributed by atoms with Crippen LogP contribution in [-0.4, -0.2) is 30.4 Å². The van der Waals surface area contributed by atoms with Gasteiger partial charge in [-0.05, 0) is 37.1 Å². The number of hydrogen-bond acceptors (Lipinski definition) is 5. The van der Waals surface area contributed by atoms with E-state index in [9.17, 15) is 9.59 Å². The zero-order valence-corrected chi connectivity index (χ0v) is 15.8. The van der Waals surface area contributed by atoms with Crippen LogP contribution in [-0.2, 0) is 19.1 Å². The van der Waals surface area contributed by atoms with E-state index in [2.05, 4.69) is 0 Å². The van der Waals surface area contributed by atoms with Crippen molar-refractivity contribution in [2.45, 2.75) is 56.1 Å². The van der Waals surface area contributed by atoms with Crippen LogP contribution in [0.4, 0.5) is 0 Å². The Morgan fingerprint density at radius 3 is 2.21 bits per heavy atom. The number of hydrogen-bond donors (Lipinski definition) is 0. The van der Waals surface area contributed by atoms with E-state index in [-0.39, 0.29) is 18.4 Å². The highest BCUT2D eigenvalue weighted by molar-refractivity contribution is 8.00. The largest absolute Gasteiger partial charge is 0.466 e. The quantitative estimate of drug-likeness (QED) is 0.315. The minimum Gasteiger partial charge on any atom is -0.466 e. The Bertz CT molecular complexity index is 504. The maximum absolute atomic E-state index is 12.3. The number of unbranched alkanes of at least 4 members (excludes halogenated alkanes) is 2. The van der Waals surface area contributed by atoms with E-state index in [1.807, 2.05) is 26.0 Å². The van der Waals surface area contributed by atoms with Gasteiger partial charge in [0.1, 0.15) is 5.25 Å². The number of halogens is 1. The van der Waals surface area contributed by atoms with Gasteiger partial charge in [0.25, 0.3) is 0 Å². The minimum absolute atomic E-state index is 0.00195. The predicted octanol–water partition coefficient (Wildman–Crippen LogP) is 4.88. The van der Waals surface area contributed by atoms with Crippen LogP contribution < -0.4 is 0 Å². The third kappa shape index (κ3) is 8.60. The van der Waals surface area contributed by atoms with Crippen LogP contribution >= 0.6 is 23.4 Å². The van der Waals surface area contributed by atoms with Crippen LogP contribution in [0.25, 0.3) is 0 Å². The van der Waals surface area contributed by atoms with Crippen molar-refractivity contribution in [1.29, 1.82) is 0 Å². The number of esters is 2. The highest BCUT2D eigenvalue weighted by atomic mass is 35.5. The summed E-state index contributed by atoms with van der Waals surface area (Å²) in [5, 5.41) is 0.0116. The molecule has 0 aliphatic carbocycles. The highest BCUT2D eigenvalue weighted by Crippen LogP contribution is 2.28. The smallest absolute Gasteiger partial charge is 0.320 e. The number of thioether (sulfide) groups is 1. The summed E-state index contributed by atoms with van der Waals surface area (Å²) < 4.78 is 10.4. The minimum atomic E-state index is -0.614. The highest BCUT2D eigenvalue weighted by Gasteiger charge is 2.25. The van der Waals surface area contributed by atoms with Gasteiger partial charge in [-0.2, -0.15) is 0 Å². The SMILES string of the molecule is CCCCOC(=O)CC(Sc1ccc(Cl)cc1)C(=O)OCCCC. The molecular weight excluding hydrogens is 348 g/mol. The van der Waals surface area contributed by atoms with Crippen LogP contribution in [0.1, 0.15) is 46.0 Å². The summed E-state index contributed by atoms with van der Waals surface area (Å²) in [6.45, 7) is 4.81. The van der Waals surface area contributed by atoms with E-state index >= 15 is 0 Å². The lowest BCUT2D eigenvalue weighted by Gasteiger charge is -2.15. The van der Waals surface area contributed by atoms with Crippen LogP contribution in [0.5, 0.6) is 0 Å². The van der Waals surface area contributed by atoms with Crippen molar-refractivity contribution in [1.82, 2.24) is 0 Å². The van der Waals surface area contributed by atoms with Crippen molar-refractivity contribution in [3.63, 3.8) is 0 Å². The Labute approximate surface area is 153 Å². The van der Waals surface area contributed by atoms with Gasteiger partial charge in [-0.3, -0.25) is 9.59 Å². The van der Waals surface area contributed by atoms with E-state index in [4.69, 9.17) is 21.1 Å². The van der Waals surface area contributed by atoms with Gasteiger partial charge in [-0.1, -0.05) is 38.3 Å². The molecule has 6 heteroatoms. The number of carbonyl (C=O) groups is 2. The molecule has 1 atom stereocenters. The van der Waals surface area contributed by atoms with E-state index in [0.29, 0.717) is 18.2 Å². The molecule has 1 rings (SSSR count). The molecule has 0 heterocycles. The number of rotatable bonds is 11. The van der Waals surface area contributed by atoms with Crippen LogP contribution in [0.3, 0.4) is 0 Å². The molecule has 24 heavy (non-hydrogen) atoms. The molecule has 1 unspecified atom stereocenters. The maximum atomic E-state index is 12.3. The molecule has 0 aliphatic rings. The van der Waals surface area contributed by atoms with E-state index in [0.717, 1.165) is 30.6 Å². The van der Waals surface area contributed by atoms with E-state index in [1.54, 1.807) is 12.1 Å². The second-order valence-electron chi connectivity index (χ2n) is 5.36. The van der Waals surface area contributed by atoms with Crippen LogP contribution in [0, 0.1) is 0 Å². The molecule has 4 nitrogen and oxygen atoms in total. The molecule has 0 bridgehead atoms. The Morgan fingerprint density at radius 2 is 1.62 bits per heavy atom. The molecule has 0 aromatic heterocycles. The molecule has 0 saturated heterocycles. The summed E-state index contributed by atoms with van der Waals surface area (Å²) in [6, 6.07) is 7.15. The molecule has 0 N–H and O–H groups in total. The first-order valence-corrected chi connectivity index (χ1v) is 9.57. The summed E-state index contributed by atoms with van der Waals surface area (Å²) in [7, 11) is 0. The number of benzene rings is 1. The van der Waals surface area contributed by atoms with Crippen molar-refractivity contribution in [3.8, 4) is 0 Å². The van der Waals surface area contributed by atoms with E-state index in [1.165, 1.54) is 11.8 Å². The van der Waals surface area contributed by atoms with Gasteiger partial charge in [0.05, 0.1) is 19.6 Å². The fourth-order valence-corrected chi connectivity index (χ4v) is 2.93. The van der Waals surface area contributed by atoms with Gasteiger partial charge in [0.2, 0.25) is 0 Å². The predicted molar refractivity (Wildman–Crippen MR) is 97.4 cm³/mol. The van der Waals surface area contributed by atoms with Gasteiger partial charge in [-0.25, -0.2) is 0 Å². The van der Waals surface area contributed by atoms with Crippen molar-refractivity contribution in [2.75, 3.05) is 13.2 Å². The van der Waals surface area contributed by atoms with E-state index < -0.39 is 5.25 Å². The normalized spacial score (nSPS) is 11.8. The Balaban J connectivity index is 2.65. The molecule has 1 aromatic carbocycles. The summed E-state index contributed by atoms with van der Waals surface area (Å²) >= 11 is 7.17. The topological polar surface area (TPSA) is 52.6 Å². The number of carbonyl (C=O) groups excluding carboxylic acids is 2. The Kier molecular flexibility index (Phi) is 10.6. The molecule has 0 saturated carbocycles. The average molecular weight is 373 g/mol. The fourth-order valence-electron chi connectivity index (χ4n) is 1.80. The zero-order chi connectivity index (χ0) is 17.8. The Morgan fingerprint density at radius 1 is 1.04 bits per heavy atom. The van der Waals surface area contributed by atoms with Gasteiger partial charge in [0.15, 0.2) is 0 Å². The second kappa shape index (κ2) is 12.2. The monoisotopic (exact) mass is 372 g/mol. The third-order valence-corrected chi connectivity index (χ3v) is 4.65. The third-order valence-electron chi connectivity index (χ3n) is 3.21. The first-order valence-electron chi connectivity index (χ1n) is 8.31. The molecule has 1 aromatic rings. The summed E-state index contributed by atoms with van der Waals surface area (Å²) in [4.78, 5) is 25.1. The molecule has 134 valence electrons. The molecular formula is C18H25ClO4S. The molecule has 0 fully saturated rings. The molecule has 0 radical (unpaired) electrons. The van der Waals surface area contributed by atoms with Crippen molar-refractivity contribution < 1.29 is 19.1 Å². The summed E-state index contributed by atoms with van der Waals surface area (Å²) in [5.74, 6) is -0.752. The maximum Gasteiger partial charge on any atom is 0.320 e. The molecule has 0 amide bonds. The fraction of sp³-hybridized carbons (Fsp3) is 0.556. The van der Waals surface area contributed by atoms with Gasteiger partial charge < -0.3 is 9.47 Å². The second-order valence-corrected chi connectivity index (χ2v) is 7.07.